The van der Waals surface area contributed by atoms with E-state index in [-0.39, 0.29) is 31.9 Å². The number of aliphatic hydroxyl groups excluding tert-OH is 1. The van der Waals surface area contributed by atoms with Crippen molar-refractivity contribution in [1.29, 1.82) is 0 Å². The first kappa shape index (κ1) is 22.5. The summed E-state index contributed by atoms with van der Waals surface area (Å²) < 4.78 is 5.07. The molecule has 3 N–H and O–H groups in total. The van der Waals surface area contributed by atoms with Crippen molar-refractivity contribution in [2.24, 2.45) is 5.41 Å². The van der Waals surface area contributed by atoms with Crippen LogP contribution >= 0.6 is 12.6 Å². The minimum Gasteiger partial charge on any atom is -0.465 e. The van der Waals surface area contributed by atoms with Crippen molar-refractivity contribution in [1.82, 2.24) is 10.6 Å². The number of ether oxygens (including phenoxy) is 1. The van der Waals surface area contributed by atoms with Crippen molar-refractivity contribution in [3.63, 3.8) is 0 Å². The van der Waals surface area contributed by atoms with Crippen LogP contribution in [0, 0.1) is 5.41 Å². The molecule has 0 saturated carbocycles. The maximum Gasteiger partial charge on any atom is 0.309 e. The number of rotatable bonds is 11. The fourth-order valence-electron chi connectivity index (χ4n) is 1.65. The number of nitrogens with one attached hydrogen (secondary N) is 2. The van der Waals surface area contributed by atoms with Crippen molar-refractivity contribution in [3.05, 3.63) is 12.2 Å². The molecule has 8 heteroatoms. The number of carbonyl (C=O) groups excluding carboxylic acids is 3. The van der Waals surface area contributed by atoms with Gasteiger partial charge in [0.25, 0.3) is 0 Å². The van der Waals surface area contributed by atoms with Crippen molar-refractivity contribution in [3.8, 4) is 0 Å². The summed E-state index contributed by atoms with van der Waals surface area (Å²) >= 11 is 3.97. The van der Waals surface area contributed by atoms with Crippen molar-refractivity contribution in [2.75, 3.05) is 25.4 Å². The van der Waals surface area contributed by atoms with E-state index >= 15 is 0 Å². The highest BCUT2D eigenvalue weighted by Crippen LogP contribution is 2.21. The second-order valence-electron chi connectivity index (χ2n) is 5.94. The lowest BCUT2D eigenvalue weighted by molar-refractivity contribution is -0.152. The smallest absolute Gasteiger partial charge is 0.309 e. The zero-order valence-electron chi connectivity index (χ0n) is 14.5. The van der Waals surface area contributed by atoms with Gasteiger partial charge >= 0.3 is 5.97 Å². The predicted molar refractivity (Wildman–Crippen MR) is 94.7 cm³/mol. The molecule has 7 nitrogen and oxygen atoms in total. The van der Waals surface area contributed by atoms with Gasteiger partial charge in [-0.1, -0.05) is 26.0 Å². The van der Waals surface area contributed by atoms with Gasteiger partial charge in [0.05, 0.1) is 13.0 Å². The first-order valence-corrected chi connectivity index (χ1v) is 8.48. The maximum atomic E-state index is 11.9. The third kappa shape index (κ3) is 9.57. The van der Waals surface area contributed by atoms with E-state index in [0.29, 0.717) is 12.3 Å². The summed E-state index contributed by atoms with van der Waals surface area (Å²) in [7, 11) is 0. The Balaban J connectivity index is 4.23. The second kappa shape index (κ2) is 11.9. The molecule has 1 unspecified atom stereocenters. The van der Waals surface area contributed by atoms with Gasteiger partial charge in [-0.25, -0.2) is 0 Å². The summed E-state index contributed by atoms with van der Waals surface area (Å²) in [4.78, 5) is 34.8. The Kier molecular flexibility index (Phi) is 11.1. The third-order valence-corrected chi connectivity index (χ3v) is 3.42. The third-order valence-electron chi connectivity index (χ3n) is 3.20. The second-order valence-corrected chi connectivity index (χ2v) is 6.39. The van der Waals surface area contributed by atoms with E-state index in [9.17, 15) is 19.5 Å². The highest BCUT2D eigenvalue weighted by Gasteiger charge is 2.34. The average Bonchev–Trinajstić information content (AvgIpc) is 2.55. The Morgan fingerprint density at radius 3 is 2.50 bits per heavy atom. The van der Waals surface area contributed by atoms with Crippen molar-refractivity contribution in [2.45, 2.75) is 39.7 Å². The molecular weight excluding hydrogens is 332 g/mol. The summed E-state index contributed by atoms with van der Waals surface area (Å²) in [5.74, 6) is -0.685. The van der Waals surface area contributed by atoms with Gasteiger partial charge in [0, 0.05) is 30.7 Å². The predicted octanol–water partition coefficient (Wildman–Crippen LogP) is 0.435. The van der Waals surface area contributed by atoms with Crippen molar-refractivity contribution < 1.29 is 24.2 Å². The van der Waals surface area contributed by atoms with Crippen LogP contribution in [0.2, 0.25) is 0 Å². The number of carbonyl (C=O) groups is 3. The topological polar surface area (TPSA) is 105 Å². The van der Waals surface area contributed by atoms with Crippen LogP contribution in [0.3, 0.4) is 0 Å². The van der Waals surface area contributed by atoms with Gasteiger partial charge in [-0.05, 0) is 6.92 Å². The zero-order valence-corrected chi connectivity index (χ0v) is 15.4. The van der Waals surface area contributed by atoms with E-state index < -0.39 is 23.4 Å². The monoisotopic (exact) mass is 360 g/mol. The molecule has 2 amide bonds. The molecule has 0 bridgehead atoms. The lowest BCUT2D eigenvalue weighted by atomic mass is 9.87. The summed E-state index contributed by atoms with van der Waals surface area (Å²) in [6, 6.07) is 0. The molecule has 0 aromatic heterocycles. The van der Waals surface area contributed by atoms with E-state index in [0.717, 1.165) is 0 Å². The molecule has 0 spiro atoms. The number of amides is 2. The quantitative estimate of drug-likeness (QED) is 0.243. The molecule has 24 heavy (non-hydrogen) atoms. The molecular formula is C16H28N2O5S. The molecule has 0 heterocycles. The van der Waals surface area contributed by atoms with E-state index in [1.165, 1.54) is 0 Å². The molecule has 0 fully saturated rings. The standard InChI is InChI=1S/C16H28N2O5S/c1-4-5-6-13(20)23-11-16(2,3)14(21)15(22)18-8-7-12(19)17-9-10-24/h4-5,14,21,24H,6-11H2,1-3H3,(H,17,19)(H,18,22). The Morgan fingerprint density at radius 2 is 1.92 bits per heavy atom. The number of hydrogen-bond acceptors (Lipinski definition) is 6. The molecule has 0 aromatic carbocycles. The number of thiol groups is 1. The van der Waals surface area contributed by atoms with Gasteiger partial charge in [-0.15, -0.1) is 0 Å². The molecule has 0 aromatic rings. The van der Waals surface area contributed by atoms with Gasteiger partial charge in [0.15, 0.2) is 0 Å². The molecule has 0 aliphatic heterocycles. The van der Waals surface area contributed by atoms with Crippen LogP contribution in [0.25, 0.3) is 0 Å². The minimum absolute atomic E-state index is 0.0829. The zero-order chi connectivity index (χ0) is 18.6. The maximum absolute atomic E-state index is 11.9. The largest absolute Gasteiger partial charge is 0.465 e. The Morgan fingerprint density at radius 1 is 1.25 bits per heavy atom. The van der Waals surface area contributed by atoms with Gasteiger partial charge in [-0.2, -0.15) is 12.6 Å². The SMILES string of the molecule is CC=CCC(=O)OCC(C)(C)C(O)C(=O)NCCC(=O)NCCS. The van der Waals surface area contributed by atoms with E-state index in [1.54, 1.807) is 32.9 Å². The van der Waals surface area contributed by atoms with Crippen LogP contribution in [0.15, 0.2) is 12.2 Å². The molecule has 0 rings (SSSR count). The minimum atomic E-state index is -1.35. The number of allylic oxidation sites excluding steroid dienone is 1. The van der Waals surface area contributed by atoms with Crippen LogP contribution in [-0.2, 0) is 19.1 Å². The normalized spacial score (nSPS) is 12.7. The van der Waals surface area contributed by atoms with Crippen LogP contribution in [0.5, 0.6) is 0 Å². The van der Waals surface area contributed by atoms with E-state index in [4.69, 9.17) is 4.74 Å². The van der Waals surface area contributed by atoms with Crippen LogP contribution in [0.4, 0.5) is 0 Å². The summed E-state index contributed by atoms with van der Waals surface area (Å²) in [5, 5.41) is 15.2. The summed E-state index contributed by atoms with van der Waals surface area (Å²) in [6.45, 7) is 5.54. The van der Waals surface area contributed by atoms with E-state index in [2.05, 4.69) is 23.3 Å². The summed E-state index contributed by atoms with van der Waals surface area (Å²) in [6.07, 6.45) is 2.31. The van der Waals surface area contributed by atoms with E-state index in [1.807, 2.05) is 0 Å². The van der Waals surface area contributed by atoms with Gasteiger partial charge in [0.1, 0.15) is 6.10 Å². The Bertz CT molecular complexity index is 452. The van der Waals surface area contributed by atoms with Crippen LogP contribution < -0.4 is 10.6 Å². The fourth-order valence-corrected chi connectivity index (χ4v) is 1.76. The summed E-state index contributed by atoms with van der Waals surface area (Å²) in [5.41, 5.74) is -0.941. The van der Waals surface area contributed by atoms with Gasteiger partial charge < -0.3 is 20.5 Å². The lowest BCUT2D eigenvalue weighted by Gasteiger charge is -2.28. The van der Waals surface area contributed by atoms with Crippen LogP contribution in [-0.4, -0.2) is 54.4 Å². The average molecular weight is 360 g/mol. The first-order valence-electron chi connectivity index (χ1n) is 7.84. The molecule has 0 saturated heterocycles. The molecule has 1 atom stereocenters. The lowest BCUT2D eigenvalue weighted by Crippen LogP contribution is -2.47. The first-order chi connectivity index (χ1) is 11.2. The van der Waals surface area contributed by atoms with Crippen LogP contribution in [0.1, 0.15) is 33.6 Å². The molecule has 138 valence electrons. The number of aliphatic hydroxyl groups is 1. The molecule has 0 aliphatic carbocycles. The number of esters is 1. The van der Waals surface area contributed by atoms with Gasteiger partial charge in [0.2, 0.25) is 11.8 Å². The number of hydrogen-bond donors (Lipinski definition) is 4. The Hall–Kier alpha value is -1.54. The highest BCUT2D eigenvalue weighted by molar-refractivity contribution is 7.80. The fraction of sp³-hybridized carbons (Fsp3) is 0.688. The highest BCUT2D eigenvalue weighted by atomic mass is 32.1. The molecule has 0 aliphatic rings. The van der Waals surface area contributed by atoms with Gasteiger partial charge in [-0.3, -0.25) is 14.4 Å². The van der Waals surface area contributed by atoms with Crippen molar-refractivity contribution >= 4 is 30.4 Å². The Labute approximate surface area is 148 Å². The molecule has 0 radical (unpaired) electrons.